The number of guanidine groups is 1. The lowest BCUT2D eigenvalue weighted by Gasteiger charge is -2.15. The summed E-state index contributed by atoms with van der Waals surface area (Å²) in [5, 5.41) is 7.02. The number of nitrogens with one attached hydrogen (secondary N) is 2. The van der Waals surface area contributed by atoms with Crippen molar-refractivity contribution in [2.75, 3.05) is 18.1 Å². The van der Waals surface area contributed by atoms with E-state index in [1.807, 2.05) is 13.8 Å². The van der Waals surface area contributed by atoms with E-state index in [0.717, 1.165) is 10.9 Å². The molecule has 1 aromatic heterocycles. The second kappa shape index (κ2) is 8.55. The van der Waals surface area contributed by atoms with Crippen LogP contribution in [0.5, 0.6) is 0 Å². The number of nitrogens with zero attached hydrogens (tertiary/aromatic N) is 1. The summed E-state index contributed by atoms with van der Waals surface area (Å²) in [7, 11) is -2.95. The molecular formula is C17H23FIN3O3S. The van der Waals surface area contributed by atoms with Crippen molar-refractivity contribution >= 4 is 50.7 Å². The highest BCUT2D eigenvalue weighted by atomic mass is 127. The van der Waals surface area contributed by atoms with Crippen molar-refractivity contribution in [3.63, 3.8) is 0 Å². The van der Waals surface area contributed by atoms with Crippen molar-refractivity contribution in [2.45, 2.75) is 32.9 Å². The first-order valence-electron chi connectivity index (χ1n) is 8.31. The third-order valence-electron chi connectivity index (χ3n) is 4.30. The van der Waals surface area contributed by atoms with E-state index in [2.05, 4.69) is 15.6 Å². The zero-order chi connectivity index (χ0) is 18.0. The highest BCUT2D eigenvalue weighted by molar-refractivity contribution is 14.0. The first-order chi connectivity index (χ1) is 11.9. The molecule has 2 aromatic rings. The van der Waals surface area contributed by atoms with Gasteiger partial charge in [0.25, 0.3) is 0 Å². The summed E-state index contributed by atoms with van der Waals surface area (Å²) < 4.78 is 42.3. The van der Waals surface area contributed by atoms with Gasteiger partial charge < -0.3 is 15.1 Å². The normalized spacial score (nSPS) is 19.3. The van der Waals surface area contributed by atoms with Gasteiger partial charge in [-0.3, -0.25) is 0 Å². The van der Waals surface area contributed by atoms with E-state index in [4.69, 9.17) is 4.42 Å². The molecule has 6 nitrogen and oxygen atoms in total. The number of fused-ring (bicyclic) bond motifs is 1. The standard InChI is InChI=1S/C17H22FN3O3S.HI/c1-3-19-17(21-13-6-7-25(22,23)10-13)20-9-16-11(2)14-8-12(18)4-5-15(14)24-16;/h4-5,8,13H,3,6-7,9-10H2,1-2H3,(H2,19,20,21);1H. The van der Waals surface area contributed by atoms with Crippen LogP contribution in [0.3, 0.4) is 0 Å². The molecule has 2 heterocycles. The second-order valence-electron chi connectivity index (χ2n) is 6.23. The summed E-state index contributed by atoms with van der Waals surface area (Å²) >= 11 is 0. The maximum atomic E-state index is 13.4. The smallest absolute Gasteiger partial charge is 0.191 e. The minimum atomic E-state index is -2.95. The van der Waals surface area contributed by atoms with Gasteiger partial charge in [0.05, 0.1) is 11.5 Å². The molecule has 1 fully saturated rings. The zero-order valence-corrected chi connectivity index (χ0v) is 17.9. The molecule has 9 heteroatoms. The monoisotopic (exact) mass is 495 g/mol. The van der Waals surface area contributed by atoms with Gasteiger partial charge in [0.2, 0.25) is 0 Å². The highest BCUT2D eigenvalue weighted by Gasteiger charge is 2.28. The van der Waals surface area contributed by atoms with Crippen LogP contribution in [-0.2, 0) is 16.4 Å². The van der Waals surface area contributed by atoms with E-state index in [-0.39, 0.29) is 53.9 Å². The van der Waals surface area contributed by atoms with Crippen LogP contribution in [0.1, 0.15) is 24.7 Å². The van der Waals surface area contributed by atoms with Crippen LogP contribution in [0, 0.1) is 12.7 Å². The predicted molar refractivity (Wildman–Crippen MR) is 111 cm³/mol. The molecule has 1 saturated heterocycles. The lowest BCUT2D eigenvalue weighted by Crippen LogP contribution is -2.44. The zero-order valence-electron chi connectivity index (χ0n) is 14.7. The largest absolute Gasteiger partial charge is 0.459 e. The van der Waals surface area contributed by atoms with E-state index >= 15 is 0 Å². The summed E-state index contributed by atoms with van der Waals surface area (Å²) in [6.45, 7) is 4.77. The molecule has 1 aromatic carbocycles. The van der Waals surface area contributed by atoms with Gasteiger partial charge in [-0.1, -0.05) is 0 Å². The van der Waals surface area contributed by atoms with Gasteiger partial charge in [-0.25, -0.2) is 17.8 Å². The molecule has 26 heavy (non-hydrogen) atoms. The van der Waals surface area contributed by atoms with E-state index in [1.54, 1.807) is 6.07 Å². The summed E-state index contributed by atoms with van der Waals surface area (Å²) in [6, 6.07) is 4.30. The Balaban J connectivity index is 0.00000243. The number of halogens is 2. The Bertz CT molecular complexity index is 911. The Labute approximate surface area is 169 Å². The number of hydrogen-bond acceptors (Lipinski definition) is 4. The average Bonchev–Trinajstić information content (AvgIpc) is 3.05. The topological polar surface area (TPSA) is 83.7 Å². The Morgan fingerprint density at radius 1 is 1.42 bits per heavy atom. The Morgan fingerprint density at radius 2 is 2.19 bits per heavy atom. The van der Waals surface area contributed by atoms with E-state index in [0.29, 0.717) is 30.3 Å². The van der Waals surface area contributed by atoms with Gasteiger partial charge in [0, 0.05) is 23.5 Å². The molecule has 1 aliphatic rings. The number of aliphatic imine (C=N–C) groups is 1. The Kier molecular flexibility index (Phi) is 6.89. The third kappa shape index (κ3) is 4.87. The molecule has 0 radical (unpaired) electrons. The van der Waals surface area contributed by atoms with Crippen molar-refractivity contribution < 1.29 is 17.2 Å². The van der Waals surface area contributed by atoms with E-state index in [1.165, 1.54) is 12.1 Å². The van der Waals surface area contributed by atoms with Crippen molar-refractivity contribution in [3.05, 3.63) is 35.3 Å². The Morgan fingerprint density at radius 3 is 2.85 bits per heavy atom. The molecule has 1 aliphatic heterocycles. The molecule has 0 bridgehead atoms. The lowest BCUT2D eigenvalue weighted by atomic mass is 10.1. The van der Waals surface area contributed by atoms with E-state index in [9.17, 15) is 12.8 Å². The Hall–Kier alpha value is -1.36. The van der Waals surface area contributed by atoms with Gasteiger partial charge >= 0.3 is 0 Å². The third-order valence-corrected chi connectivity index (χ3v) is 6.06. The van der Waals surface area contributed by atoms with Crippen molar-refractivity contribution in [1.82, 2.24) is 10.6 Å². The molecule has 1 atom stereocenters. The fraction of sp³-hybridized carbons (Fsp3) is 0.471. The number of benzene rings is 1. The summed E-state index contributed by atoms with van der Waals surface area (Å²) in [6.07, 6.45) is 0.579. The minimum Gasteiger partial charge on any atom is -0.459 e. The van der Waals surface area contributed by atoms with Crippen LogP contribution in [0.15, 0.2) is 27.6 Å². The number of furan rings is 1. The van der Waals surface area contributed by atoms with Gasteiger partial charge in [0.1, 0.15) is 23.7 Å². The number of aryl methyl sites for hydroxylation is 1. The first-order valence-corrected chi connectivity index (χ1v) is 10.1. The second-order valence-corrected chi connectivity index (χ2v) is 8.46. The molecule has 0 spiro atoms. The maximum absolute atomic E-state index is 13.4. The lowest BCUT2D eigenvalue weighted by molar-refractivity contribution is 0.546. The van der Waals surface area contributed by atoms with Gasteiger partial charge in [-0.2, -0.15) is 0 Å². The molecular weight excluding hydrogens is 472 g/mol. The molecule has 1 unspecified atom stereocenters. The molecule has 3 rings (SSSR count). The number of sulfone groups is 1. The molecule has 144 valence electrons. The molecule has 0 saturated carbocycles. The number of rotatable bonds is 4. The van der Waals surface area contributed by atoms with Crippen molar-refractivity contribution in [3.8, 4) is 0 Å². The highest BCUT2D eigenvalue weighted by Crippen LogP contribution is 2.26. The molecule has 2 N–H and O–H groups in total. The fourth-order valence-electron chi connectivity index (χ4n) is 2.97. The first kappa shape index (κ1) is 20.9. The van der Waals surface area contributed by atoms with Crippen LogP contribution in [0.25, 0.3) is 11.0 Å². The van der Waals surface area contributed by atoms with Crippen LogP contribution >= 0.6 is 24.0 Å². The van der Waals surface area contributed by atoms with Crippen LogP contribution in [-0.4, -0.2) is 38.5 Å². The fourth-order valence-corrected chi connectivity index (χ4v) is 4.64. The minimum absolute atomic E-state index is 0. The maximum Gasteiger partial charge on any atom is 0.191 e. The van der Waals surface area contributed by atoms with Crippen molar-refractivity contribution in [1.29, 1.82) is 0 Å². The summed E-state index contributed by atoms with van der Waals surface area (Å²) in [5.74, 6) is 1.25. The van der Waals surface area contributed by atoms with Crippen molar-refractivity contribution in [2.24, 2.45) is 4.99 Å². The van der Waals surface area contributed by atoms with Gasteiger partial charge in [-0.15, -0.1) is 24.0 Å². The van der Waals surface area contributed by atoms with Gasteiger partial charge in [-0.05, 0) is 38.5 Å². The summed E-state index contributed by atoms with van der Waals surface area (Å²) in [5.41, 5.74) is 1.49. The van der Waals surface area contributed by atoms with Gasteiger partial charge in [0.15, 0.2) is 15.8 Å². The van der Waals surface area contributed by atoms with Crippen LogP contribution < -0.4 is 10.6 Å². The summed E-state index contributed by atoms with van der Waals surface area (Å²) in [4.78, 5) is 4.49. The van der Waals surface area contributed by atoms with E-state index < -0.39 is 9.84 Å². The number of hydrogen-bond donors (Lipinski definition) is 2. The average molecular weight is 495 g/mol. The van der Waals surface area contributed by atoms with Crippen LogP contribution in [0.4, 0.5) is 4.39 Å². The van der Waals surface area contributed by atoms with Crippen LogP contribution in [0.2, 0.25) is 0 Å². The predicted octanol–water partition coefficient (Wildman–Crippen LogP) is 2.74. The molecule has 0 amide bonds. The quantitative estimate of drug-likeness (QED) is 0.387. The SMILES string of the molecule is CCNC(=NCc1oc2ccc(F)cc2c1C)NC1CCS(=O)(=O)C1.I. The molecule has 0 aliphatic carbocycles.